The summed E-state index contributed by atoms with van der Waals surface area (Å²) in [6.45, 7) is 1.69. The molecule has 1 aliphatic carbocycles. The number of hydrogen-bond acceptors (Lipinski definition) is 4. The normalized spacial score (nSPS) is 24.3. The van der Waals surface area contributed by atoms with E-state index in [2.05, 4.69) is 9.97 Å². The van der Waals surface area contributed by atoms with Gasteiger partial charge in [-0.2, -0.15) is 0 Å². The largest absolute Gasteiger partial charge is 0.381 e. The van der Waals surface area contributed by atoms with Crippen LogP contribution in [0, 0.1) is 0 Å². The van der Waals surface area contributed by atoms with Crippen molar-refractivity contribution in [1.82, 2.24) is 9.97 Å². The van der Waals surface area contributed by atoms with Gasteiger partial charge >= 0.3 is 0 Å². The summed E-state index contributed by atoms with van der Waals surface area (Å²) in [6, 6.07) is 2.02. The topological polar surface area (TPSA) is 61.0 Å². The minimum Gasteiger partial charge on any atom is -0.381 e. The molecule has 2 N–H and O–H groups in total. The molecule has 0 bridgehead atoms. The van der Waals surface area contributed by atoms with Crippen LogP contribution in [0.5, 0.6) is 0 Å². The quantitative estimate of drug-likeness (QED) is 0.815. The highest BCUT2D eigenvalue weighted by atomic mass is 16.5. The fourth-order valence-corrected chi connectivity index (χ4v) is 2.19. The molecule has 1 aromatic heterocycles. The Kier molecular flexibility index (Phi) is 2.41. The highest BCUT2D eigenvalue weighted by Crippen LogP contribution is 2.41. The van der Waals surface area contributed by atoms with Gasteiger partial charge in [-0.1, -0.05) is 0 Å². The van der Waals surface area contributed by atoms with Crippen molar-refractivity contribution in [3.05, 3.63) is 23.8 Å². The first kappa shape index (κ1) is 10.2. The van der Waals surface area contributed by atoms with Crippen molar-refractivity contribution in [1.29, 1.82) is 0 Å². The third kappa shape index (κ3) is 1.83. The van der Waals surface area contributed by atoms with Crippen molar-refractivity contribution in [2.45, 2.75) is 37.1 Å². The van der Waals surface area contributed by atoms with E-state index >= 15 is 0 Å². The van der Waals surface area contributed by atoms with E-state index in [4.69, 9.17) is 10.5 Å². The van der Waals surface area contributed by atoms with E-state index in [1.807, 2.05) is 12.3 Å². The summed E-state index contributed by atoms with van der Waals surface area (Å²) in [5.74, 6) is 1.36. The second-order valence-corrected chi connectivity index (χ2v) is 4.85. The third-order valence-electron chi connectivity index (χ3n) is 3.55. The molecule has 1 aromatic rings. The lowest BCUT2D eigenvalue weighted by Gasteiger charge is -2.22. The maximum Gasteiger partial charge on any atom is 0.148 e. The van der Waals surface area contributed by atoms with Crippen LogP contribution in [0.25, 0.3) is 0 Å². The van der Waals surface area contributed by atoms with Crippen molar-refractivity contribution in [3.8, 4) is 0 Å². The van der Waals surface area contributed by atoms with E-state index in [-0.39, 0.29) is 5.54 Å². The van der Waals surface area contributed by atoms with E-state index in [0.29, 0.717) is 5.92 Å². The van der Waals surface area contributed by atoms with Crippen LogP contribution in [0.2, 0.25) is 0 Å². The van der Waals surface area contributed by atoms with Crippen LogP contribution in [-0.4, -0.2) is 23.2 Å². The number of aromatic nitrogens is 2. The van der Waals surface area contributed by atoms with E-state index in [0.717, 1.165) is 50.4 Å². The van der Waals surface area contributed by atoms with E-state index in [1.165, 1.54) is 0 Å². The van der Waals surface area contributed by atoms with Gasteiger partial charge in [0.2, 0.25) is 0 Å². The van der Waals surface area contributed by atoms with Crippen molar-refractivity contribution in [3.63, 3.8) is 0 Å². The molecular weight excluding hydrogens is 202 g/mol. The molecule has 0 radical (unpaired) electrons. The Morgan fingerprint density at radius 2 is 2.06 bits per heavy atom. The minimum atomic E-state index is -0.221. The van der Waals surface area contributed by atoms with Crippen LogP contribution >= 0.6 is 0 Å². The summed E-state index contributed by atoms with van der Waals surface area (Å²) >= 11 is 0. The Morgan fingerprint density at radius 3 is 2.75 bits per heavy atom. The molecule has 1 saturated heterocycles. The molecule has 1 aliphatic heterocycles. The van der Waals surface area contributed by atoms with E-state index in [1.54, 1.807) is 0 Å². The maximum atomic E-state index is 6.12. The zero-order valence-electron chi connectivity index (χ0n) is 9.35. The van der Waals surface area contributed by atoms with Crippen molar-refractivity contribution >= 4 is 0 Å². The first-order valence-electron chi connectivity index (χ1n) is 5.98. The predicted octanol–water partition coefficient (Wildman–Crippen LogP) is 1.32. The fraction of sp³-hybridized carbons (Fsp3) is 0.667. The van der Waals surface area contributed by atoms with Gasteiger partial charge in [-0.15, -0.1) is 0 Å². The fourth-order valence-electron chi connectivity index (χ4n) is 2.19. The van der Waals surface area contributed by atoms with Gasteiger partial charge in [0.15, 0.2) is 0 Å². The van der Waals surface area contributed by atoms with E-state index in [9.17, 15) is 0 Å². The van der Waals surface area contributed by atoms with Crippen LogP contribution in [0.4, 0.5) is 0 Å². The van der Waals surface area contributed by atoms with Gasteiger partial charge in [-0.25, -0.2) is 9.97 Å². The first-order chi connectivity index (χ1) is 7.78. The molecular formula is C12H17N3O. The Labute approximate surface area is 95.2 Å². The Morgan fingerprint density at radius 1 is 1.31 bits per heavy atom. The summed E-state index contributed by atoms with van der Waals surface area (Å²) in [5, 5.41) is 0. The molecule has 4 heteroatoms. The molecule has 4 nitrogen and oxygen atoms in total. The lowest BCUT2D eigenvalue weighted by molar-refractivity contribution is 0.0844. The smallest absolute Gasteiger partial charge is 0.148 e. The van der Waals surface area contributed by atoms with Crippen LogP contribution in [0.1, 0.15) is 43.1 Å². The highest BCUT2D eigenvalue weighted by molar-refractivity contribution is 5.18. The second-order valence-electron chi connectivity index (χ2n) is 4.85. The summed E-state index contributed by atoms with van der Waals surface area (Å²) in [6.07, 6.45) is 6.01. The van der Waals surface area contributed by atoms with Gasteiger partial charge in [0, 0.05) is 31.0 Å². The molecule has 0 spiro atoms. The third-order valence-corrected chi connectivity index (χ3v) is 3.55. The van der Waals surface area contributed by atoms with Crippen LogP contribution in [-0.2, 0) is 10.3 Å². The number of hydrogen-bond donors (Lipinski definition) is 1. The van der Waals surface area contributed by atoms with Crippen molar-refractivity contribution in [2.24, 2.45) is 5.73 Å². The number of ether oxygens (including phenoxy) is 1. The van der Waals surface area contributed by atoms with Gasteiger partial charge in [-0.05, 0) is 31.7 Å². The van der Waals surface area contributed by atoms with Crippen LogP contribution in [0.15, 0.2) is 12.3 Å². The zero-order chi connectivity index (χ0) is 11.0. The van der Waals surface area contributed by atoms with Crippen molar-refractivity contribution < 1.29 is 4.74 Å². The number of nitrogens with two attached hydrogens (primary N) is 1. The van der Waals surface area contributed by atoms with Gasteiger partial charge in [-0.3, -0.25) is 0 Å². The molecule has 0 amide bonds. The minimum absolute atomic E-state index is 0.221. The molecule has 0 unspecified atom stereocenters. The first-order valence-corrected chi connectivity index (χ1v) is 5.98. The standard InChI is InChI=1S/C12H17N3O/c13-12(4-5-12)11-14-6-1-10(15-11)9-2-7-16-8-3-9/h1,6,9H,2-5,7-8,13H2. The molecule has 86 valence electrons. The summed E-state index contributed by atoms with van der Waals surface area (Å²) in [4.78, 5) is 8.94. The Hall–Kier alpha value is -1.00. The van der Waals surface area contributed by atoms with Crippen LogP contribution in [0.3, 0.4) is 0 Å². The Balaban J connectivity index is 1.84. The SMILES string of the molecule is NC1(c2nccc(C3CCOCC3)n2)CC1. The molecule has 1 saturated carbocycles. The van der Waals surface area contributed by atoms with Gasteiger partial charge < -0.3 is 10.5 Å². The highest BCUT2D eigenvalue weighted by Gasteiger charge is 2.43. The van der Waals surface area contributed by atoms with Gasteiger partial charge in [0.1, 0.15) is 5.82 Å². The Bertz CT molecular complexity index is 384. The molecule has 2 aliphatic rings. The molecule has 16 heavy (non-hydrogen) atoms. The average molecular weight is 219 g/mol. The monoisotopic (exact) mass is 219 g/mol. The number of rotatable bonds is 2. The maximum absolute atomic E-state index is 6.12. The zero-order valence-corrected chi connectivity index (χ0v) is 9.35. The van der Waals surface area contributed by atoms with Gasteiger partial charge in [0.25, 0.3) is 0 Å². The average Bonchev–Trinajstić information content (AvgIpc) is 3.10. The predicted molar refractivity (Wildman–Crippen MR) is 59.9 cm³/mol. The van der Waals surface area contributed by atoms with Gasteiger partial charge in [0.05, 0.1) is 5.54 Å². The second kappa shape index (κ2) is 3.79. The molecule has 0 aromatic carbocycles. The van der Waals surface area contributed by atoms with E-state index < -0.39 is 0 Å². The summed E-state index contributed by atoms with van der Waals surface area (Å²) in [7, 11) is 0. The lowest BCUT2D eigenvalue weighted by atomic mass is 9.96. The lowest BCUT2D eigenvalue weighted by Crippen LogP contribution is -2.24. The molecule has 2 heterocycles. The number of nitrogens with zero attached hydrogens (tertiary/aromatic N) is 2. The molecule has 3 rings (SSSR count). The summed E-state index contributed by atoms with van der Waals surface area (Å²) in [5.41, 5.74) is 7.04. The molecule has 2 fully saturated rings. The summed E-state index contributed by atoms with van der Waals surface area (Å²) < 4.78 is 5.36. The van der Waals surface area contributed by atoms with Crippen molar-refractivity contribution in [2.75, 3.05) is 13.2 Å². The molecule has 0 atom stereocenters. The van der Waals surface area contributed by atoms with Crippen LogP contribution < -0.4 is 5.73 Å².